The van der Waals surface area contributed by atoms with Gasteiger partial charge in [0.25, 0.3) is 0 Å². The van der Waals surface area contributed by atoms with E-state index in [1.807, 2.05) is 27.0 Å². The second kappa shape index (κ2) is 10.8. The van der Waals surface area contributed by atoms with E-state index in [9.17, 15) is 4.39 Å². The van der Waals surface area contributed by atoms with E-state index in [1.54, 1.807) is 30.9 Å². The first-order chi connectivity index (χ1) is 12.3. The van der Waals surface area contributed by atoms with Crippen molar-refractivity contribution in [3.05, 3.63) is 46.9 Å². The van der Waals surface area contributed by atoms with E-state index in [-0.39, 0.29) is 35.2 Å². The third-order valence-electron chi connectivity index (χ3n) is 3.66. The monoisotopic (exact) mass is 507 g/mol. The van der Waals surface area contributed by atoms with Crippen LogP contribution in [0.15, 0.2) is 27.7 Å². The second-order valence-corrected chi connectivity index (χ2v) is 7.76. The van der Waals surface area contributed by atoms with Gasteiger partial charge in [-0.1, -0.05) is 32.0 Å². The van der Waals surface area contributed by atoms with Crippen molar-refractivity contribution in [3.8, 4) is 0 Å². The van der Waals surface area contributed by atoms with Crippen LogP contribution in [0, 0.1) is 5.82 Å². The minimum atomic E-state index is -0.216. The van der Waals surface area contributed by atoms with E-state index in [4.69, 9.17) is 4.52 Å². The van der Waals surface area contributed by atoms with Gasteiger partial charge in [0.15, 0.2) is 11.8 Å². The highest BCUT2D eigenvalue weighted by Crippen LogP contribution is 2.19. The van der Waals surface area contributed by atoms with E-state index < -0.39 is 0 Å². The van der Waals surface area contributed by atoms with Crippen LogP contribution in [-0.2, 0) is 24.3 Å². The fourth-order valence-electron chi connectivity index (χ4n) is 2.25. The van der Waals surface area contributed by atoms with Gasteiger partial charge in [-0.15, -0.1) is 24.0 Å². The first kappa shape index (κ1) is 23.7. The molecule has 2 aromatic rings. The molecule has 0 spiro atoms. The molecule has 0 unspecified atom stereocenters. The first-order valence-corrected chi connectivity index (χ1v) is 9.76. The molecule has 0 aliphatic carbocycles. The molecule has 6 nitrogen and oxygen atoms in total. The fraction of sp³-hybridized carbons (Fsp3) is 0.500. The van der Waals surface area contributed by atoms with Gasteiger partial charge in [0.1, 0.15) is 5.82 Å². The average molecular weight is 507 g/mol. The Balaban J connectivity index is 0.00000364. The Morgan fingerprint density at radius 3 is 2.52 bits per heavy atom. The highest BCUT2D eigenvalue weighted by atomic mass is 127. The lowest BCUT2D eigenvalue weighted by atomic mass is 9.97. The summed E-state index contributed by atoms with van der Waals surface area (Å²) < 4.78 is 18.7. The third kappa shape index (κ3) is 7.28. The molecule has 0 amide bonds. The summed E-state index contributed by atoms with van der Waals surface area (Å²) in [4.78, 5) is 8.58. The number of hydrogen-bond donors (Lipinski definition) is 2. The zero-order valence-corrected chi connectivity index (χ0v) is 19.4. The van der Waals surface area contributed by atoms with Crippen molar-refractivity contribution in [1.29, 1.82) is 0 Å². The molecular formula is C18H27FIN5OS. The highest BCUT2D eigenvalue weighted by Gasteiger charge is 2.21. The zero-order chi connectivity index (χ0) is 19.2. The van der Waals surface area contributed by atoms with Crippen LogP contribution < -0.4 is 10.6 Å². The van der Waals surface area contributed by atoms with Gasteiger partial charge < -0.3 is 15.2 Å². The molecule has 0 aliphatic rings. The van der Waals surface area contributed by atoms with Gasteiger partial charge in [-0.25, -0.2) is 4.39 Å². The summed E-state index contributed by atoms with van der Waals surface area (Å²) in [6.45, 7) is 7.02. The van der Waals surface area contributed by atoms with Gasteiger partial charge in [0, 0.05) is 24.8 Å². The van der Waals surface area contributed by atoms with Gasteiger partial charge in [-0.05, 0) is 29.5 Å². The Morgan fingerprint density at radius 1 is 1.22 bits per heavy atom. The highest BCUT2D eigenvalue weighted by molar-refractivity contribution is 14.0. The number of rotatable bonds is 6. The fourth-order valence-corrected chi connectivity index (χ4v) is 2.83. The lowest BCUT2D eigenvalue weighted by Crippen LogP contribution is -2.36. The van der Waals surface area contributed by atoms with Gasteiger partial charge in [0.05, 0.1) is 6.54 Å². The van der Waals surface area contributed by atoms with E-state index >= 15 is 0 Å². The molecule has 9 heteroatoms. The second-order valence-electron chi connectivity index (χ2n) is 6.89. The first-order valence-electron chi connectivity index (χ1n) is 8.37. The number of aliphatic imine (C=N–C) groups is 1. The molecule has 1 aromatic heterocycles. The van der Waals surface area contributed by atoms with Crippen LogP contribution in [0.4, 0.5) is 4.39 Å². The van der Waals surface area contributed by atoms with Crippen molar-refractivity contribution in [2.45, 2.75) is 45.0 Å². The molecule has 1 aromatic carbocycles. The summed E-state index contributed by atoms with van der Waals surface area (Å²) in [5.74, 6) is 2.34. The van der Waals surface area contributed by atoms with Gasteiger partial charge in [-0.2, -0.15) is 16.7 Å². The van der Waals surface area contributed by atoms with E-state index in [1.165, 1.54) is 6.07 Å². The van der Waals surface area contributed by atoms with Crippen LogP contribution in [0.1, 0.15) is 43.6 Å². The Kier molecular flexibility index (Phi) is 9.51. The Bertz CT molecular complexity index is 760. The largest absolute Gasteiger partial charge is 0.352 e. The molecule has 2 N–H and O–H groups in total. The summed E-state index contributed by atoms with van der Waals surface area (Å²) in [7, 11) is 1.69. The normalized spacial score (nSPS) is 11.9. The van der Waals surface area contributed by atoms with E-state index in [0.717, 1.165) is 16.9 Å². The smallest absolute Gasteiger partial charge is 0.232 e. The maximum atomic E-state index is 13.4. The topological polar surface area (TPSA) is 75.3 Å². The molecule has 0 saturated carbocycles. The number of nitrogens with zero attached hydrogens (tertiary/aromatic N) is 3. The Labute approximate surface area is 181 Å². The van der Waals surface area contributed by atoms with Crippen LogP contribution in [0.25, 0.3) is 0 Å². The molecule has 0 radical (unpaired) electrons. The summed E-state index contributed by atoms with van der Waals surface area (Å²) >= 11 is 1.66. The van der Waals surface area contributed by atoms with Crippen molar-refractivity contribution in [1.82, 2.24) is 20.8 Å². The van der Waals surface area contributed by atoms with Crippen LogP contribution in [0.2, 0.25) is 0 Å². The number of aromatic nitrogens is 2. The van der Waals surface area contributed by atoms with E-state index in [0.29, 0.717) is 30.8 Å². The number of benzene rings is 1. The molecular weight excluding hydrogens is 480 g/mol. The summed E-state index contributed by atoms with van der Waals surface area (Å²) in [5, 5.41) is 10.4. The standard InChI is InChI=1S/C18H26FN5OS.HI/c1-18(2,3)16-23-15(24-25-16)10-22-17(20-4)21-9-12-6-7-14(19)8-13(12)11-26-5;/h6-8H,9-11H2,1-5H3,(H2,20,21,22);1H. The van der Waals surface area contributed by atoms with Crippen molar-refractivity contribution < 1.29 is 8.91 Å². The van der Waals surface area contributed by atoms with Crippen molar-refractivity contribution >= 4 is 41.7 Å². The summed E-state index contributed by atoms with van der Waals surface area (Å²) in [6, 6.07) is 4.86. The number of hydrogen-bond acceptors (Lipinski definition) is 5. The summed E-state index contributed by atoms with van der Waals surface area (Å²) in [5.41, 5.74) is 1.84. The number of thioether (sulfide) groups is 1. The number of nitrogens with one attached hydrogen (secondary N) is 2. The predicted octanol–water partition coefficient (Wildman–Crippen LogP) is 3.85. The Morgan fingerprint density at radius 2 is 1.93 bits per heavy atom. The molecule has 27 heavy (non-hydrogen) atoms. The molecule has 0 fully saturated rings. The maximum absolute atomic E-state index is 13.4. The lowest BCUT2D eigenvalue weighted by molar-refractivity contribution is 0.318. The third-order valence-corrected chi connectivity index (χ3v) is 4.26. The van der Waals surface area contributed by atoms with Crippen LogP contribution in [-0.4, -0.2) is 29.4 Å². The van der Waals surface area contributed by atoms with Crippen LogP contribution in [0.3, 0.4) is 0 Å². The van der Waals surface area contributed by atoms with Gasteiger partial charge >= 0.3 is 0 Å². The SMILES string of the molecule is CN=C(NCc1noc(C(C)(C)C)n1)NCc1ccc(F)cc1CSC.I. The van der Waals surface area contributed by atoms with Gasteiger partial charge in [-0.3, -0.25) is 4.99 Å². The van der Waals surface area contributed by atoms with E-state index in [2.05, 4.69) is 25.8 Å². The van der Waals surface area contributed by atoms with Crippen LogP contribution in [0.5, 0.6) is 0 Å². The zero-order valence-electron chi connectivity index (χ0n) is 16.3. The molecule has 0 saturated heterocycles. The van der Waals surface area contributed by atoms with Gasteiger partial charge in [0.2, 0.25) is 5.89 Å². The Hall–Kier alpha value is -1.36. The minimum Gasteiger partial charge on any atom is -0.352 e. The molecule has 150 valence electrons. The minimum absolute atomic E-state index is 0. The maximum Gasteiger partial charge on any atom is 0.232 e. The van der Waals surface area contributed by atoms with Crippen LogP contribution >= 0.6 is 35.7 Å². The molecule has 0 aliphatic heterocycles. The molecule has 0 atom stereocenters. The summed E-state index contributed by atoms with van der Waals surface area (Å²) in [6.07, 6.45) is 2.00. The van der Waals surface area contributed by atoms with Crippen molar-refractivity contribution in [2.24, 2.45) is 4.99 Å². The number of halogens is 2. The van der Waals surface area contributed by atoms with Crippen molar-refractivity contribution in [2.75, 3.05) is 13.3 Å². The molecule has 0 bridgehead atoms. The quantitative estimate of drug-likeness (QED) is 0.352. The average Bonchev–Trinajstić information content (AvgIpc) is 3.06. The predicted molar refractivity (Wildman–Crippen MR) is 119 cm³/mol. The van der Waals surface area contributed by atoms with Crippen molar-refractivity contribution in [3.63, 3.8) is 0 Å². The lowest BCUT2D eigenvalue weighted by Gasteiger charge is -2.13. The number of guanidine groups is 1. The molecule has 1 heterocycles. The molecule has 2 rings (SSSR count).